The van der Waals surface area contributed by atoms with E-state index < -0.39 is 40.0 Å². The fourth-order valence-electron chi connectivity index (χ4n) is 9.90. The van der Waals surface area contributed by atoms with Crippen LogP contribution in [0, 0.1) is 34.0 Å². The Morgan fingerprint density at radius 2 is 1.93 bits per heavy atom. The van der Waals surface area contributed by atoms with Crippen LogP contribution in [0.2, 0.25) is 0 Å². The molecular formula is C32H42O8. The van der Waals surface area contributed by atoms with E-state index in [2.05, 4.69) is 33.8 Å². The van der Waals surface area contributed by atoms with E-state index >= 15 is 0 Å². The van der Waals surface area contributed by atoms with Crippen LogP contribution < -0.4 is 0 Å². The molecule has 0 aromatic carbocycles. The Bertz CT molecular complexity index is 1260. The zero-order valence-corrected chi connectivity index (χ0v) is 24.6. The van der Waals surface area contributed by atoms with E-state index in [0.717, 1.165) is 23.1 Å². The van der Waals surface area contributed by atoms with Crippen molar-refractivity contribution in [1.82, 2.24) is 0 Å². The van der Waals surface area contributed by atoms with E-state index in [1.807, 2.05) is 19.9 Å². The molecule has 3 unspecified atom stereocenters. The van der Waals surface area contributed by atoms with Crippen LogP contribution in [-0.4, -0.2) is 60.8 Å². The summed E-state index contributed by atoms with van der Waals surface area (Å²) in [5.74, 6) is -1.16. The van der Waals surface area contributed by atoms with E-state index in [9.17, 15) is 14.7 Å². The molecule has 8 nitrogen and oxygen atoms in total. The highest BCUT2D eigenvalue weighted by atomic mass is 16.6. The van der Waals surface area contributed by atoms with Crippen LogP contribution in [0.3, 0.4) is 0 Å². The summed E-state index contributed by atoms with van der Waals surface area (Å²) in [6, 6.07) is 1.96. The largest absolute Gasteiger partial charge is 0.472 e. The standard InChI is InChI=1S/C32H42O8/c1-17(2)12-25(35)39-23-14-22(33)29(3)16-38-26-27(29)31(23,5)21(13-24(34)36-7)30(4)20-9-8-19(18-10-11-37-15-18)32(20,6)40-28(26)30/h8,10-12,15,20-23,26-28,33H,9,13-14,16H2,1-7H3/t20?,21-,22+,23-,26?,27?,28+,29+,30-,31-,32+/m0/s1. The first-order valence-corrected chi connectivity index (χ1v) is 14.4. The van der Waals surface area contributed by atoms with Gasteiger partial charge in [0, 0.05) is 52.6 Å². The van der Waals surface area contributed by atoms with Gasteiger partial charge in [-0.2, -0.15) is 0 Å². The van der Waals surface area contributed by atoms with Gasteiger partial charge in [-0.1, -0.05) is 32.4 Å². The van der Waals surface area contributed by atoms with Crippen LogP contribution in [0.5, 0.6) is 0 Å². The van der Waals surface area contributed by atoms with Gasteiger partial charge in [0.05, 0.1) is 50.2 Å². The first-order chi connectivity index (χ1) is 18.8. The molecule has 1 aromatic rings. The monoisotopic (exact) mass is 554 g/mol. The van der Waals surface area contributed by atoms with Gasteiger partial charge in [0.15, 0.2) is 0 Å². The third-order valence-corrected chi connectivity index (χ3v) is 11.6. The number of fused-ring (bicyclic) bond motifs is 4. The van der Waals surface area contributed by atoms with Crippen molar-refractivity contribution in [2.75, 3.05) is 13.7 Å². The molecule has 218 valence electrons. The van der Waals surface area contributed by atoms with Gasteiger partial charge in [-0.15, -0.1) is 0 Å². The molecule has 2 saturated heterocycles. The van der Waals surface area contributed by atoms with E-state index in [1.54, 1.807) is 12.5 Å². The number of furan rings is 1. The molecule has 1 N–H and O–H groups in total. The summed E-state index contributed by atoms with van der Waals surface area (Å²) in [5.41, 5.74) is 0.489. The summed E-state index contributed by atoms with van der Waals surface area (Å²) in [6.45, 7) is 12.7. The first kappa shape index (κ1) is 27.7. The van der Waals surface area contributed by atoms with Crippen molar-refractivity contribution in [3.63, 3.8) is 0 Å². The summed E-state index contributed by atoms with van der Waals surface area (Å²) in [7, 11) is 1.42. The van der Waals surface area contributed by atoms with Gasteiger partial charge in [-0.05, 0) is 44.7 Å². The number of rotatable bonds is 5. The number of hydrogen-bond donors (Lipinski definition) is 1. The fourth-order valence-corrected chi connectivity index (χ4v) is 9.90. The maximum Gasteiger partial charge on any atom is 0.330 e. The van der Waals surface area contributed by atoms with E-state index in [4.69, 9.17) is 23.4 Å². The minimum atomic E-state index is -0.735. The summed E-state index contributed by atoms with van der Waals surface area (Å²) in [5, 5.41) is 11.5. The lowest BCUT2D eigenvalue weighted by Crippen LogP contribution is -2.71. The zero-order valence-electron chi connectivity index (χ0n) is 24.6. The summed E-state index contributed by atoms with van der Waals surface area (Å²) in [4.78, 5) is 26.2. The van der Waals surface area contributed by atoms with Crippen molar-refractivity contribution >= 4 is 17.5 Å². The van der Waals surface area contributed by atoms with E-state index in [1.165, 1.54) is 13.2 Å². The summed E-state index contributed by atoms with van der Waals surface area (Å²) >= 11 is 0. The van der Waals surface area contributed by atoms with Gasteiger partial charge < -0.3 is 28.5 Å². The number of ether oxygens (including phenoxy) is 4. The molecule has 3 aliphatic carbocycles. The van der Waals surface area contributed by atoms with Crippen molar-refractivity contribution in [3.05, 3.63) is 41.9 Å². The van der Waals surface area contributed by atoms with Crippen LogP contribution in [0.1, 0.15) is 66.4 Å². The van der Waals surface area contributed by atoms with Crippen LogP contribution in [0.15, 0.2) is 40.7 Å². The average molecular weight is 555 g/mol. The Balaban J connectivity index is 1.52. The Morgan fingerprint density at radius 1 is 1.18 bits per heavy atom. The molecule has 8 heteroatoms. The third-order valence-electron chi connectivity index (χ3n) is 11.6. The Hall–Kier alpha value is -2.42. The molecule has 0 amide bonds. The molecule has 0 spiro atoms. The number of carbonyl (C=O) groups excluding carboxylic acids is 2. The lowest BCUT2D eigenvalue weighted by Gasteiger charge is -2.65. The third kappa shape index (κ3) is 3.48. The number of aliphatic hydroxyl groups excluding tert-OH is 1. The van der Waals surface area contributed by atoms with Gasteiger partial charge in [-0.25, -0.2) is 4.79 Å². The van der Waals surface area contributed by atoms with Gasteiger partial charge >= 0.3 is 11.9 Å². The van der Waals surface area contributed by atoms with Gasteiger partial charge in [0.1, 0.15) is 6.10 Å². The summed E-state index contributed by atoms with van der Waals surface area (Å²) < 4.78 is 30.7. The molecule has 5 aliphatic rings. The molecule has 1 aromatic heterocycles. The van der Waals surface area contributed by atoms with E-state index in [0.29, 0.717) is 6.61 Å². The Morgan fingerprint density at radius 3 is 2.58 bits per heavy atom. The lowest BCUT2D eigenvalue weighted by molar-refractivity contribution is -0.254. The second kappa shape index (κ2) is 9.04. The quantitative estimate of drug-likeness (QED) is 0.412. The molecular weight excluding hydrogens is 512 g/mol. The minimum absolute atomic E-state index is 0.0405. The van der Waals surface area contributed by atoms with Gasteiger partial charge in [0.2, 0.25) is 0 Å². The predicted octanol–water partition coefficient (Wildman–Crippen LogP) is 4.71. The van der Waals surface area contributed by atoms with Crippen LogP contribution >= 0.6 is 0 Å². The fraction of sp³-hybridized carbons (Fsp3) is 0.688. The number of aliphatic hydroxyl groups is 1. The highest BCUT2D eigenvalue weighted by molar-refractivity contribution is 5.83. The van der Waals surface area contributed by atoms with Crippen LogP contribution in [0.25, 0.3) is 5.57 Å². The molecule has 2 saturated carbocycles. The van der Waals surface area contributed by atoms with E-state index in [-0.39, 0.29) is 48.8 Å². The van der Waals surface area contributed by atoms with Gasteiger partial charge in [-0.3, -0.25) is 4.79 Å². The minimum Gasteiger partial charge on any atom is -0.472 e. The normalized spacial score (nSPS) is 46.6. The number of methoxy groups -OCH3 is 1. The van der Waals surface area contributed by atoms with Crippen molar-refractivity contribution in [2.24, 2.45) is 34.0 Å². The number of allylic oxidation sites excluding steroid dienone is 2. The highest BCUT2D eigenvalue weighted by Gasteiger charge is 2.80. The van der Waals surface area contributed by atoms with Gasteiger partial charge in [0.25, 0.3) is 0 Å². The molecule has 40 heavy (non-hydrogen) atoms. The average Bonchev–Trinajstić information content (AvgIpc) is 3.64. The van der Waals surface area contributed by atoms with Crippen molar-refractivity contribution < 1.29 is 38.1 Å². The maximum atomic E-state index is 13.2. The SMILES string of the molecule is COC(=O)C[C@@H]1[C@]2(C)C3C(OC[C@]3(C)[C@H](O)C[C@@H]2OC(=O)C=C(C)C)[C@H]2O[C@]3(C)C(c4ccoc4)=CCC3[C@@]12C. The molecule has 11 atom stereocenters. The number of carbonyl (C=O) groups is 2. The summed E-state index contributed by atoms with van der Waals surface area (Å²) in [6.07, 6.45) is 6.34. The number of esters is 2. The van der Waals surface area contributed by atoms with Crippen LogP contribution in [0.4, 0.5) is 0 Å². The molecule has 0 radical (unpaired) electrons. The number of hydrogen-bond acceptors (Lipinski definition) is 8. The predicted molar refractivity (Wildman–Crippen MR) is 146 cm³/mol. The lowest BCUT2D eigenvalue weighted by atomic mass is 9.39. The second-order valence-corrected chi connectivity index (χ2v) is 13.8. The Labute approximate surface area is 236 Å². The molecule has 2 aliphatic heterocycles. The van der Waals surface area contributed by atoms with Crippen molar-refractivity contribution in [3.8, 4) is 0 Å². The first-order valence-electron chi connectivity index (χ1n) is 14.4. The second-order valence-electron chi connectivity index (χ2n) is 13.8. The molecule has 6 rings (SSSR count). The molecule has 4 fully saturated rings. The molecule has 0 bridgehead atoms. The maximum absolute atomic E-state index is 13.2. The Kier molecular flexibility index (Phi) is 6.27. The molecule has 3 heterocycles. The van der Waals surface area contributed by atoms with Crippen molar-refractivity contribution in [1.29, 1.82) is 0 Å². The van der Waals surface area contributed by atoms with Crippen LogP contribution in [-0.2, 0) is 28.5 Å². The smallest absolute Gasteiger partial charge is 0.330 e. The topological polar surface area (TPSA) is 104 Å². The highest BCUT2D eigenvalue weighted by Crippen LogP contribution is 2.75. The van der Waals surface area contributed by atoms with Crippen molar-refractivity contribution in [2.45, 2.75) is 90.8 Å². The zero-order chi connectivity index (χ0) is 28.8.